The average Bonchev–Trinajstić information content (AvgIpc) is 2.64. The summed E-state index contributed by atoms with van der Waals surface area (Å²) < 4.78 is 14.7. The van der Waals surface area contributed by atoms with Gasteiger partial charge in [-0.05, 0) is 42.0 Å². The number of nitrogens with zero attached hydrogens (tertiary/aromatic N) is 3. The fourth-order valence-electron chi connectivity index (χ4n) is 2.54. The van der Waals surface area contributed by atoms with Crippen molar-refractivity contribution in [3.63, 3.8) is 0 Å². The van der Waals surface area contributed by atoms with Gasteiger partial charge in [-0.2, -0.15) is 10.1 Å². The van der Waals surface area contributed by atoms with Crippen molar-refractivity contribution in [3.05, 3.63) is 89.2 Å². The number of hydrogen-bond acceptors (Lipinski definition) is 4. The van der Waals surface area contributed by atoms with Crippen LogP contribution in [0.1, 0.15) is 0 Å². The molecule has 2 heterocycles. The highest BCUT2D eigenvalue weighted by Gasteiger charge is 2.11. The van der Waals surface area contributed by atoms with Gasteiger partial charge in [0.1, 0.15) is 17.2 Å². The molecular weight excluding hydrogens is 337 g/mol. The molecule has 4 rings (SSSR count). The second-order valence-electron chi connectivity index (χ2n) is 5.35. The molecule has 0 fully saturated rings. The van der Waals surface area contributed by atoms with Crippen molar-refractivity contribution < 1.29 is 4.39 Å². The van der Waals surface area contributed by atoms with Crippen LogP contribution in [-0.4, -0.2) is 14.6 Å². The van der Waals surface area contributed by atoms with Gasteiger partial charge in [-0.25, -0.2) is 8.91 Å². The topological polar surface area (TPSA) is 47.3 Å². The summed E-state index contributed by atoms with van der Waals surface area (Å²) in [4.78, 5) is 17.2. The molecular formula is C19H12FN3OS. The summed E-state index contributed by atoms with van der Waals surface area (Å²) in [5.41, 5.74) is 1.29. The first-order valence-corrected chi connectivity index (χ1v) is 8.40. The Hall–Kier alpha value is -2.99. The fraction of sp³-hybridized carbons (Fsp3) is 0. The summed E-state index contributed by atoms with van der Waals surface area (Å²) in [6, 6.07) is 19.4. The second-order valence-corrected chi connectivity index (χ2v) is 6.44. The van der Waals surface area contributed by atoms with Crippen LogP contribution in [0.25, 0.3) is 16.6 Å². The number of hydrogen-bond donors (Lipinski definition) is 0. The van der Waals surface area contributed by atoms with Crippen molar-refractivity contribution in [2.45, 2.75) is 9.92 Å². The second kappa shape index (κ2) is 6.49. The number of halogens is 1. The third kappa shape index (κ3) is 3.16. The zero-order valence-corrected chi connectivity index (χ0v) is 13.8. The molecule has 4 aromatic rings. The predicted octanol–water partition coefficient (Wildman–Crippen LogP) is 4.05. The molecule has 0 saturated carbocycles. The van der Waals surface area contributed by atoms with E-state index in [-0.39, 0.29) is 11.4 Å². The van der Waals surface area contributed by atoms with E-state index in [0.717, 1.165) is 9.92 Å². The predicted molar refractivity (Wildman–Crippen MR) is 95.2 cm³/mol. The molecule has 0 aliphatic carbocycles. The minimum absolute atomic E-state index is 0.350. The maximum Gasteiger partial charge on any atom is 0.281 e. The van der Waals surface area contributed by atoms with Crippen LogP contribution in [0.4, 0.5) is 4.39 Å². The Kier molecular flexibility index (Phi) is 4.03. The van der Waals surface area contributed by atoms with Gasteiger partial charge in [0.25, 0.3) is 5.56 Å². The van der Waals surface area contributed by atoms with Gasteiger partial charge >= 0.3 is 0 Å². The Bertz CT molecular complexity index is 1100. The van der Waals surface area contributed by atoms with E-state index in [1.165, 1.54) is 30.2 Å². The van der Waals surface area contributed by atoms with E-state index in [1.807, 2.05) is 42.5 Å². The molecule has 0 unspecified atom stereocenters. The van der Waals surface area contributed by atoms with Crippen molar-refractivity contribution >= 4 is 17.3 Å². The summed E-state index contributed by atoms with van der Waals surface area (Å²) in [5.74, 6) is -0.350. The molecule has 0 amide bonds. The van der Waals surface area contributed by atoms with Crippen molar-refractivity contribution in [3.8, 4) is 11.1 Å². The number of benzene rings is 2. The van der Waals surface area contributed by atoms with Gasteiger partial charge in [0.05, 0.1) is 11.1 Å². The molecule has 4 nitrogen and oxygen atoms in total. The van der Waals surface area contributed by atoms with Gasteiger partial charge in [-0.3, -0.25) is 4.79 Å². The van der Waals surface area contributed by atoms with E-state index in [1.54, 1.807) is 16.6 Å². The van der Waals surface area contributed by atoms with Crippen LogP contribution in [-0.2, 0) is 0 Å². The molecule has 0 N–H and O–H groups in total. The SMILES string of the molecule is O=c1ncn2nc(Sc3ccccc3)ccc2c1-c1ccc(F)cc1. The lowest BCUT2D eigenvalue weighted by Gasteiger charge is -2.08. The first-order valence-electron chi connectivity index (χ1n) is 7.58. The van der Waals surface area contributed by atoms with E-state index >= 15 is 0 Å². The molecule has 6 heteroatoms. The van der Waals surface area contributed by atoms with Crippen molar-refractivity contribution in [1.29, 1.82) is 0 Å². The molecule has 0 bridgehead atoms. The van der Waals surface area contributed by atoms with Crippen LogP contribution in [0.3, 0.4) is 0 Å². The van der Waals surface area contributed by atoms with Gasteiger partial charge in [-0.1, -0.05) is 42.1 Å². The lowest BCUT2D eigenvalue weighted by molar-refractivity contribution is 0.628. The quantitative estimate of drug-likeness (QED) is 0.560. The molecule has 2 aromatic carbocycles. The van der Waals surface area contributed by atoms with E-state index in [0.29, 0.717) is 16.6 Å². The number of fused-ring (bicyclic) bond motifs is 1. The Balaban J connectivity index is 1.81. The maximum absolute atomic E-state index is 13.2. The number of aromatic nitrogens is 3. The molecule has 0 spiro atoms. The van der Waals surface area contributed by atoms with Crippen LogP contribution in [0.2, 0.25) is 0 Å². The minimum Gasteiger partial charge on any atom is -0.267 e. The first kappa shape index (κ1) is 15.5. The van der Waals surface area contributed by atoms with Crippen LogP contribution < -0.4 is 5.56 Å². The first-order chi connectivity index (χ1) is 12.2. The number of rotatable bonds is 3. The van der Waals surface area contributed by atoms with Crippen LogP contribution in [0, 0.1) is 5.82 Å². The van der Waals surface area contributed by atoms with Gasteiger partial charge in [0, 0.05) is 4.90 Å². The summed E-state index contributed by atoms with van der Waals surface area (Å²) in [6.45, 7) is 0. The molecule has 0 atom stereocenters. The average molecular weight is 349 g/mol. The molecule has 2 aromatic heterocycles. The third-order valence-electron chi connectivity index (χ3n) is 3.69. The van der Waals surface area contributed by atoms with E-state index < -0.39 is 0 Å². The summed E-state index contributed by atoms with van der Waals surface area (Å²) in [7, 11) is 0. The highest BCUT2D eigenvalue weighted by molar-refractivity contribution is 7.99. The monoisotopic (exact) mass is 349 g/mol. The Morgan fingerprint density at radius 2 is 1.68 bits per heavy atom. The fourth-order valence-corrected chi connectivity index (χ4v) is 3.34. The van der Waals surface area contributed by atoms with Gasteiger partial charge in [0.2, 0.25) is 0 Å². The molecule has 25 heavy (non-hydrogen) atoms. The Morgan fingerprint density at radius 3 is 2.44 bits per heavy atom. The maximum atomic E-state index is 13.2. The van der Waals surface area contributed by atoms with E-state index in [4.69, 9.17) is 0 Å². The normalized spacial score (nSPS) is 10.9. The highest BCUT2D eigenvalue weighted by atomic mass is 32.2. The lowest BCUT2D eigenvalue weighted by Crippen LogP contribution is -2.13. The van der Waals surface area contributed by atoms with Crippen molar-refractivity contribution in [1.82, 2.24) is 14.6 Å². The largest absolute Gasteiger partial charge is 0.281 e. The van der Waals surface area contributed by atoms with E-state index in [9.17, 15) is 9.18 Å². The summed E-state index contributed by atoms with van der Waals surface area (Å²) >= 11 is 1.52. The van der Waals surface area contributed by atoms with Crippen LogP contribution in [0.15, 0.2) is 87.8 Å². The molecule has 0 aliphatic heterocycles. The van der Waals surface area contributed by atoms with Crippen molar-refractivity contribution in [2.24, 2.45) is 0 Å². The van der Waals surface area contributed by atoms with Gasteiger partial charge in [0.15, 0.2) is 0 Å². The van der Waals surface area contributed by atoms with Gasteiger partial charge in [-0.15, -0.1) is 0 Å². The summed E-state index contributed by atoms with van der Waals surface area (Å²) in [5, 5.41) is 5.31. The van der Waals surface area contributed by atoms with Crippen molar-refractivity contribution in [2.75, 3.05) is 0 Å². The van der Waals surface area contributed by atoms with E-state index in [2.05, 4.69) is 10.1 Å². The lowest BCUT2D eigenvalue weighted by atomic mass is 10.1. The van der Waals surface area contributed by atoms with Crippen LogP contribution in [0.5, 0.6) is 0 Å². The Labute approximate surface area is 147 Å². The molecule has 0 radical (unpaired) electrons. The Morgan fingerprint density at radius 1 is 0.920 bits per heavy atom. The third-order valence-corrected chi connectivity index (χ3v) is 4.62. The highest BCUT2D eigenvalue weighted by Crippen LogP contribution is 2.27. The molecule has 122 valence electrons. The van der Waals surface area contributed by atoms with Crippen LogP contribution >= 0.6 is 11.8 Å². The summed E-state index contributed by atoms with van der Waals surface area (Å²) in [6.07, 6.45) is 1.40. The zero-order chi connectivity index (χ0) is 17.2. The smallest absolute Gasteiger partial charge is 0.267 e. The zero-order valence-electron chi connectivity index (χ0n) is 13.0. The molecule has 0 aliphatic rings. The van der Waals surface area contributed by atoms with Gasteiger partial charge < -0.3 is 0 Å². The minimum atomic E-state index is -0.364. The standard InChI is InChI=1S/C19H12FN3OS/c20-14-8-6-13(7-9-14)18-16-10-11-17(22-23(16)12-21-19(18)24)25-15-4-2-1-3-5-15/h1-12H. The molecule has 0 saturated heterocycles.